The largest absolute Gasteiger partial charge is 0.340 e. The highest BCUT2D eigenvalue weighted by molar-refractivity contribution is 5.97. The number of ketones is 1. The van der Waals surface area contributed by atoms with Crippen molar-refractivity contribution in [1.82, 2.24) is 9.80 Å². The van der Waals surface area contributed by atoms with Gasteiger partial charge in [0.15, 0.2) is 5.78 Å². The molecule has 0 atom stereocenters. The minimum atomic E-state index is 0.132. The van der Waals surface area contributed by atoms with Gasteiger partial charge in [0.25, 0.3) is 0 Å². The van der Waals surface area contributed by atoms with Crippen molar-refractivity contribution in [2.75, 3.05) is 26.2 Å². The van der Waals surface area contributed by atoms with Crippen LogP contribution in [-0.4, -0.2) is 47.7 Å². The third-order valence-corrected chi connectivity index (χ3v) is 6.19. The van der Waals surface area contributed by atoms with Gasteiger partial charge in [-0.25, -0.2) is 0 Å². The van der Waals surface area contributed by atoms with Gasteiger partial charge in [-0.2, -0.15) is 0 Å². The van der Waals surface area contributed by atoms with E-state index in [1.807, 2.05) is 30.0 Å². The first-order valence-corrected chi connectivity index (χ1v) is 10.4. The van der Waals surface area contributed by atoms with E-state index >= 15 is 0 Å². The second-order valence-corrected chi connectivity index (χ2v) is 8.31. The van der Waals surface area contributed by atoms with Crippen LogP contribution < -0.4 is 0 Å². The third-order valence-electron chi connectivity index (χ3n) is 6.19. The van der Waals surface area contributed by atoms with Crippen molar-refractivity contribution in [3.8, 4) is 0 Å². The lowest BCUT2D eigenvalue weighted by molar-refractivity contribution is -0.132. The minimum Gasteiger partial charge on any atom is -0.340 e. The summed E-state index contributed by atoms with van der Waals surface area (Å²) in [6.07, 6.45) is 0.477. The van der Waals surface area contributed by atoms with Crippen LogP contribution in [0.1, 0.15) is 50.7 Å². The molecule has 1 aliphatic rings. The Hall–Kier alpha value is -2.46. The van der Waals surface area contributed by atoms with Crippen molar-refractivity contribution < 1.29 is 9.59 Å². The Morgan fingerprint density at radius 2 is 1.55 bits per heavy atom. The molecular weight excluding hydrogens is 360 g/mol. The molecule has 1 fully saturated rings. The molecule has 1 amide bonds. The Labute approximate surface area is 174 Å². The number of rotatable bonds is 5. The summed E-state index contributed by atoms with van der Waals surface area (Å²) in [5.74, 6) is 0.341. The molecule has 29 heavy (non-hydrogen) atoms. The molecule has 2 aromatic carbocycles. The highest BCUT2D eigenvalue weighted by atomic mass is 16.2. The average molecular weight is 393 g/mol. The number of aryl methyl sites for hydroxylation is 3. The van der Waals surface area contributed by atoms with Crippen LogP contribution in [0, 0.1) is 27.7 Å². The van der Waals surface area contributed by atoms with E-state index in [-0.39, 0.29) is 11.7 Å². The van der Waals surface area contributed by atoms with Crippen molar-refractivity contribution in [3.63, 3.8) is 0 Å². The number of amides is 1. The Kier molecular flexibility index (Phi) is 6.53. The van der Waals surface area contributed by atoms with Gasteiger partial charge in [0.05, 0.1) is 6.42 Å². The van der Waals surface area contributed by atoms with Crippen LogP contribution in [0.5, 0.6) is 0 Å². The maximum absolute atomic E-state index is 12.7. The second kappa shape index (κ2) is 8.91. The SMILES string of the molecule is CC(=O)c1c(C)cc(C)c(CN2CCN(C(=O)Cc3ccccc3C)CC2)c1C. The number of benzene rings is 2. The Bertz CT molecular complexity index is 925. The van der Waals surface area contributed by atoms with E-state index in [1.165, 1.54) is 16.7 Å². The van der Waals surface area contributed by atoms with Crippen LogP contribution in [0.15, 0.2) is 30.3 Å². The molecule has 1 aliphatic heterocycles. The van der Waals surface area contributed by atoms with E-state index in [9.17, 15) is 9.59 Å². The van der Waals surface area contributed by atoms with Gasteiger partial charge in [-0.05, 0) is 68.0 Å². The van der Waals surface area contributed by atoms with E-state index in [4.69, 9.17) is 0 Å². The molecule has 154 valence electrons. The third kappa shape index (κ3) is 4.76. The van der Waals surface area contributed by atoms with E-state index in [2.05, 4.69) is 37.8 Å². The summed E-state index contributed by atoms with van der Waals surface area (Å²) < 4.78 is 0. The van der Waals surface area contributed by atoms with Crippen LogP contribution in [0.3, 0.4) is 0 Å². The fourth-order valence-corrected chi connectivity index (χ4v) is 4.47. The van der Waals surface area contributed by atoms with Gasteiger partial charge in [-0.3, -0.25) is 14.5 Å². The van der Waals surface area contributed by atoms with Crippen molar-refractivity contribution in [3.05, 3.63) is 69.3 Å². The Morgan fingerprint density at radius 1 is 0.897 bits per heavy atom. The molecule has 1 heterocycles. The molecule has 0 aromatic heterocycles. The second-order valence-electron chi connectivity index (χ2n) is 8.31. The van der Waals surface area contributed by atoms with Gasteiger partial charge in [0, 0.05) is 38.3 Å². The van der Waals surface area contributed by atoms with Gasteiger partial charge in [0.1, 0.15) is 0 Å². The van der Waals surface area contributed by atoms with Crippen molar-refractivity contribution in [2.45, 2.75) is 47.6 Å². The first-order valence-electron chi connectivity index (χ1n) is 10.4. The molecule has 0 aliphatic carbocycles. The first kappa shape index (κ1) is 21.3. The normalized spacial score (nSPS) is 14.9. The van der Waals surface area contributed by atoms with Gasteiger partial charge in [0.2, 0.25) is 5.91 Å². The van der Waals surface area contributed by atoms with E-state index in [1.54, 1.807) is 6.92 Å². The van der Waals surface area contributed by atoms with Gasteiger partial charge >= 0.3 is 0 Å². The van der Waals surface area contributed by atoms with Gasteiger partial charge in [-0.15, -0.1) is 0 Å². The summed E-state index contributed by atoms with van der Waals surface area (Å²) in [4.78, 5) is 29.2. The standard InChI is InChI=1S/C25H32N2O2/c1-17-8-6-7-9-22(17)15-24(29)27-12-10-26(11-13-27)16-23-18(2)14-19(3)25(20(23)4)21(5)28/h6-9,14H,10-13,15-16H2,1-5H3. The summed E-state index contributed by atoms with van der Waals surface area (Å²) in [7, 11) is 0. The molecule has 0 spiro atoms. The maximum atomic E-state index is 12.7. The molecule has 0 radical (unpaired) electrons. The molecule has 1 saturated heterocycles. The Morgan fingerprint density at radius 3 is 2.17 bits per heavy atom. The number of Topliss-reactive ketones (excluding diaryl/α,β-unsaturated/α-hetero) is 1. The lowest BCUT2D eigenvalue weighted by atomic mass is 9.91. The van der Waals surface area contributed by atoms with E-state index in [0.29, 0.717) is 6.42 Å². The van der Waals surface area contributed by atoms with Crippen LogP contribution in [-0.2, 0) is 17.8 Å². The Balaban J connectivity index is 1.63. The van der Waals surface area contributed by atoms with Crippen LogP contribution >= 0.6 is 0 Å². The summed E-state index contributed by atoms with van der Waals surface area (Å²) >= 11 is 0. The summed E-state index contributed by atoms with van der Waals surface area (Å²) in [5.41, 5.74) is 7.80. The smallest absolute Gasteiger partial charge is 0.227 e. The number of hydrogen-bond acceptors (Lipinski definition) is 3. The summed E-state index contributed by atoms with van der Waals surface area (Å²) in [6, 6.07) is 10.2. The van der Waals surface area contributed by atoms with E-state index < -0.39 is 0 Å². The molecule has 3 rings (SSSR count). The van der Waals surface area contributed by atoms with Crippen LogP contribution in [0.4, 0.5) is 0 Å². The number of carbonyl (C=O) groups excluding carboxylic acids is 2. The van der Waals surface area contributed by atoms with Gasteiger partial charge < -0.3 is 4.90 Å². The predicted octanol–water partition coefficient (Wildman–Crippen LogP) is 4.01. The molecular formula is C25H32N2O2. The number of nitrogens with zero attached hydrogens (tertiary/aromatic N) is 2. The molecule has 0 saturated carbocycles. The first-order chi connectivity index (χ1) is 13.8. The predicted molar refractivity (Wildman–Crippen MR) is 117 cm³/mol. The number of piperazine rings is 1. The monoisotopic (exact) mass is 392 g/mol. The highest BCUT2D eigenvalue weighted by Gasteiger charge is 2.23. The lowest BCUT2D eigenvalue weighted by Gasteiger charge is -2.35. The number of carbonyl (C=O) groups is 2. The van der Waals surface area contributed by atoms with Crippen molar-refractivity contribution >= 4 is 11.7 Å². The minimum absolute atomic E-state index is 0.132. The molecule has 4 nitrogen and oxygen atoms in total. The molecule has 4 heteroatoms. The average Bonchev–Trinajstić information content (AvgIpc) is 2.67. The number of hydrogen-bond donors (Lipinski definition) is 0. The van der Waals surface area contributed by atoms with Crippen molar-refractivity contribution in [2.24, 2.45) is 0 Å². The summed E-state index contributed by atoms with van der Waals surface area (Å²) in [5, 5.41) is 0. The zero-order chi connectivity index (χ0) is 21.1. The molecule has 2 aromatic rings. The van der Waals surface area contributed by atoms with Gasteiger partial charge in [-0.1, -0.05) is 30.3 Å². The quantitative estimate of drug-likeness (QED) is 0.722. The van der Waals surface area contributed by atoms with Crippen LogP contribution in [0.2, 0.25) is 0 Å². The highest BCUT2D eigenvalue weighted by Crippen LogP contribution is 2.24. The maximum Gasteiger partial charge on any atom is 0.227 e. The lowest BCUT2D eigenvalue weighted by Crippen LogP contribution is -2.48. The van der Waals surface area contributed by atoms with E-state index in [0.717, 1.165) is 55.0 Å². The summed E-state index contributed by atoms with van der Waals surface area (Å²) in [6.45, 7) is 14.0. The molecule has 0 N–H and O–H groups in total. The van der Waals surface area contributed by atoms with Crippen LogP contribution in [0.25, 0.3) is 0 Å². The zero-order valence-electron chi connectivity index (χ0n) is 18.3. The fraction of sp³-hybridized carbons (Fsp3) is 0.440. The topological polar surface area (TPSA) is 40.6 Å². The fourth-order valence-electron chi connectivity index (χ4n) is 4.47. The zero-order valence-corrected chi connectivity index (χ0v) is 18.3. The van der Waals surface area contributed by atoms with Crippen molar-refractivity contribution in [1.29, 1.82) is 0 Å². The molecule has 0 bridgehead atoms. The molecule has 0 unspecified atom stereocenters.